The summed E-state index contributed by atoms with van der Waals surface area (Å²) in [5, 5.41) is 0. The number of nitrogens with one attached hydrogen (secondary N) is 1. The molecule has 0 aliphatic carbocycles. The highest BCUT2D eigenvalue weighted by atomic mass is 31.2. The second-order valence-electron chi connectivity index (χ2n) is 8.49. The molecule has 0 fully saturated rings. The summed E-state index contributed by atoms with van der Waals surface area (Å²) in [5.74, 6) is -0.522. The fourth-order valence-electron chi connectivity index (χ4n) is 3.02. The van der Waals surface area contributed by atoms with Gasteiger partial charge in [0.15, 0.2) is 0 Å². The molecule has 6 nitrogen and oxygen atoms in total. The van der Waals surface area contributed by atoms with Crippen molar-refractivity contribution in [1.82, 2.24) is 5.48 Å². The maximum absolute atomic E-state index is 12.3. The predicted molar refractivity (Wildman–Crippen MR) is 138 cm³/mol. The number of carbonyl (C=O) groups is 1. The number of amides is 1. The van der Waals surface area contributed by atoms with Gasteiger partial charge in [0.1, 0.15) is 6.16 Å². The van der Waals surface area contributed by atoms with Crippen LogP contribution in [-0.4, -0.2) is 31.9 Å². The topological polar surface area (TPSA) is 73.9 Å². The average molecular weight is 484 g/mol. The third-order valence-corrected chi connectivity index (χ3v) is 6.82. The zero-order valence-corrected chi connectivity index (χ0v) is 22.8. The zero-order chi connectivity index (χ0) is 25.1. The molecule has 0 aliphatic heterocycles. The molecule has 0 saturated carbocycles. The molecule has 33 heavy (non-hydrogen) atoms. The molecule has 0 aromatic heterocycles. The minimum absolute atomic E-state index is 0.216. The van der Waals surface area contributed by atoms with Gasteiger partial charge in [-0.1, -0.05) is 46.6 Å². The van der Waals surface area contributed by atoms with Crippen LogP contribution in [0.5, 0.6) is 0 Å². The molecule has 0 aromatic rings. The molecule has 0 rings (SSSR count). The lowest BCUT2D eigenvalue weighted by molar-refractivity contribution is -0.130. The lowest BCUT2D eigenvalue weighted by Gasteiger charge is -2.16. The summed E-state index contributed by atoms with van der Waals surface area (Å²) in [6, 6.07) is 0. The largest absolute Gasteiger partial charge is 0.340 e. The van der Waals surface area contributed by atoms with Gasteiger partial charge in [-0.15, -0.1) is 0 Å². The van der Waals surface area contributed by atoms with E-state index in [1.165, 1.54) is 22.3 Å². The summed E-state index contributed by atoms with van der Waals surface area (Å²) in [5.41, 5.74) is 7.75. The van der Waals surface area contributed by atoms with Crippen molar-refractivity contribution in [3.63, 3.8) is 0 Å². The Morgan fingerprint density at radius 3 is 1.67 bits per heavy atom. The van der Waals surface area contributed by atoms with E-state index in [4.69, 9.17) is 13.9 Å². The third kappa shape index (κ3) is 18.6. The van der Waals surface area contributed by atoms with E-state index in [1.54, 1.807) is 13.8 Å². The summed E-state index contributed by atoms with van der Waals surface area (Å²) >= 11 is 0. The fraction of sp³-hybridized carbons (Fsp3) is 0.654. The molecule has 0 heterocycles. The highest BCUT2D eigenvalue weighted by Crippen LogP contribution is 2.47. The first-order chi connectivity index (χ1) is 15.6. The first-order valence-electron chi connectivity index (χ1n) is 12.0. The molecule has 0 saturated heterocycles. The van der Waals surface area contributed by atoms with Gasteiger partial charge in [-0.3, -0.25) is 14.2 Å². The molecule has 0 bridgehead atoms. The van der Waals surface area contributed by atoms with E-state index in [9.17, 15) is 9.36 Å². The molecule has 0 aliphatic rings. The van der Waals surface area contributed by atoms with Crippen molar-refractivity contribution in [2.24, 2.45) is 0 Å². The van der Waals surface area contributed by atoms with Gasteiger partial charge < -0.3 is 9.05 Å². The van der Waals surface area contributed by atoms with E-state index < -0.39 is 13.5 Å². The van der Waals surface area contributed by atoms with Crippen LogP contribution in [0.3, 0.4) is 0 Å². The Kier molecular flexibility index (Phi) is 18.1. The van der Waals surface area contributed by atoms with Gasteiger partial charge in [-0.25, -0.2) is 5.48 Å². The summed E-state index contributed by atoms with van der Waals surface area (Å²) in [7, 11) is -3.41. The van der Waals surface area contributed by atoms with Gasteiger partial charge in [0.25, 0.3) is 5.91 Å². The molecule has 0 unspecified atom stereocenters. The molecule has 0 spiro atoms. The summed E-state index contributed by atoms with van der Waals surface area (Å²) in [6.45, 7) is 14.8. The molecule has 0 aromatic carbocycles. The van der Waals surface area contributed by atoms with E-state index in [2.05, 4.69) is 51.4 Å². The summed E-state index contributed by atoms with van der Waals surface area (Å²) in [6.07, 6.45) is 14.9. The SMILES string of the molecule is CCOP(=O)(CC(=O)NOCC=C(C)CCC=C(C)CCC=C(C)CCC=C(C)C)OCC. The normalized spacial score (nSPS) is 13.2. The Morgan fingerprint density at radius 2 is 1.21 bits per heavy atom. The second-order valence-corrected chi connectivity index (χ2v) is 10.5. The maximum atomic E-state index is 12.3. The van der Waals surface area contributed by atoms with Gasteiger partial charge in [-0.05, 0) is 87.0 Å². The van der Waals surface area contributed by atoms with Crippen molar-refractivity contribution in [1.29, 1.82) is 0 Å². The predicted octanol–water partition coefficient (Wildman–Crippen LogP) is 7.45. The standard InChI is InChI=1S/C26H46NO5P/c1-8-31-33(29,32-9-2)21-26(28)27-30-20-19-25(7)18-12-17-24(6)16-11-15-23(5)14-10-13-22(3)4/h13,15,17,19H,8-12,14,16,18,20-21H2,1-7H3,(H,27,28). The van der Waals surface area contributed by atoms with Crippen LogP contribution in [-0.2, 0) is 23.2 Å². The van der Waals surface area contributed by atoms with Crippen LogP contribution < -0.4 is 5.48 Å². The lowest BCUT2D eigenvalue weighted by atomic mass is 10.0. The van der Waals surface area contributed by atoms with Crippen LogP contribution in [0.15, 0.2) is 46.6 Å². The van der Waals surface area contributed by atoms with Crippen LogP contribution in [0.25, 0.3) is 0 Å². The highest BCUT2D eigenvalue weighted by Gasteiger charge is 2.27. The number of hydrogen-bond donors (Lipinski definition) is 1. The second kappa shape index (κ2) is 18.9. The Bertz CT molecular complexity index is 723. The van der Waals surface area contributed by atoms with Crippen molar-refractivity contribution in [3.8, 4) is 0 Å². The Hall–Kier alpha value is -1.46. The van der Waals surface area contributed by atoms with Crippen LogP contribution in [0, 0.1) is 0 Å². The van der Waals surface area contributed by atoms with Gasteiger partial charge in [0, 0.05) is 0 Å². The number of carbonyl (C=O) groups excluding carboxylic acids is 1. The van der Waals surface area contributed by atoms with Crippen LogP contribution in [0.4, 0.5) is 0 Å². The molecule has 0 atom stereocenters. The number of rotatable bonds is 18. The van der Waals surface area contributed by atoms with E-state index >= 15 is 0 Å². The van der Waals surface area contributed by atoms with Gasteiger partial charge in [0.2, 0.25) is 0 Å². The van der Waals surface area contributed by atoms with Crippen molar-refractivity contribution in [2.75, 3.05) is 26.0 Å². The van der Waals surface area contributed by atoms with Gasteiger partial charge in [-0.2, -0.15) is 0 Å². The molecule has 1 amide bonds. The molecular formula is C26H46NO5P. The average Bonchev–Trinajstić information content (AvgIpc) is 2.71. The van der Waals surface area contributed by atoms with Crippen molar-refractivity contribution >= 4 is 13.5 Å². The summed E-state index contributed by atoms with van der Waals surface area (Å²) < 4.78 is 22.5. The maximum Gasteiger partial charge on any atom is 0.340 e. The van der Waals surface area contributed by atoms with Crippen LogP contribution >= 0.6 is 7.60 Å². The van der Waals surface area contributed by atoms with Crippen LogP contribution in [0.1, 0.15) is 87.0 Å². The third-order valence-electron chi connectivity index (χ3n) is 4.84. The highest BCUT2D eigenvalue weighted by molar-refractivity contribution is 7.54. The van der Waals surface area contributed by atoms with Crippen LogP contribution in [0.2, 0.25) is 0 Å². The van der Waals surface area contributed by atoms with E-state index in [0.29, 0.717) is 0 Å². The molecule has 190 valence electrons. The van der Waals surface area contributed by atoms with Gasteiger partial charge >= 0.3 is 7.60 Å². The monoisotopic (exact) mass is 483 g/mol. The van der Waals surface area contributed by atoms with E-state index in [0.717, 1.165) is 38.5 Å². The molecular weight excluding hydrogens is 437 g/mol. The molecule has 7 heteroatoms. The van der Waals surface area contributed by atoms with Gasteiger partial charge in [0.05, 0.1) is 19.8 Å². The molecule has 0 radical (unpaired) electrons. The Labute approximate surface area is 202 Å². The fourth-order valence-corrected chi connectivity index (χ4v) is 4.48. The first kappa shape index (κ1) is 31.5. The Balaban J connectivity index is 4.16. The minimum Gasteiger partial charge on any atom is -0.309 e. The Morgan fingerprint density at radius 1 is 0.758 bits per heavy atom. The van der Waals surface area contributed by atoms with E-state index in [1.807, 2.05) is 13.0 Å². The van der Waals surface area contributed by atoms with Crippen molar-refractivity contribution in [2.45, 2.75) is 87.0 Å². The van der Waals surface area contributed by atoms with E-state index in [-0.39, 0.29) is 26.0 Å². The molecule has 1 N–H and O–H groups in total. The number of allylic oxidation sites excluding steroid dienone is 7. The lowest BCUT2D eigenvalue weighted by Crippen LogP contribution is -2.27. The van der Waals surface area contributed by atoms with Crippen molar-refractivity contribution in [3.05, 3.63) is 46.6 Å². The van der Waals surface area contributed by atoms with Crippen molar-refractivity contribution < 1.29 is 23.2 Å². The number of hydrogen-bond acceptors (Lipinski definition) is 5. The number of hydroxylamine groups is 1. The first-order valence-corrected chi connectivity index (χ1v) is 13.7. The zero-order valence-electron chi connectivity index (χ0n) is 21.9. The summed E-state index contributed by atoms with van der Waals surface area (Å²) in [4.78, 5) is 17.1. The smallest absolute Gasteiger partial charge is 0.309 e. The quantitative estimate of drug-likeness (QED) is 0.0948. The minimum atomic E-state index is -3.41.